The number of amides is 1. The van der Waals surface area contributed by atoms with Gasteiger partial charge in [0.2, 0.25) is 5.91 Å². The Morgan fingerprint density at radius 2 is 1.88 bits per heavy atom. The number of nitrogens with zero attached hydrogens (tertiary/aromatic N) is 1. The summed E-state index contributed by atoms with van der Waals surface area (Å²) in [6.45, 7) is 10.2. The topological polar surface area (TPSA) is 32.3 Å². The Morgan fingerprint density at radius 1 is 1.19 bits per heavy atom. The third-order valence-corrected chi connectivity index (χ3v) is 2.59. The molecule has 0 rings (SSSR count). The Hall–Kier alpha value is -0.830. The minimum absolute atomic E-state index is 0.160. The zero-order chi connectivity index (χ0) is 12.2. The second-order valence-electron chi connectivity index (χ2n) is 3.80. The molecule has 0 aromatic rings. The van der Waals surface area contributed by atoms with E-state index in [0.29, 0.717) is 6.42 Å². The summed E-state index contributed by atoms with van der Waals surface area (Å²) < 4.78 is 0. The van der Waals surface area contributed by atoms with Gasteiger partial charge in [0.1, 0.15) is 0 Å². The van der Waals surface area contributed by atoms with E-state index in [-0.39, 0.29) is 5.91 Å². The lowest BCUT2D eigenvalue weighted by atomic mass is 10.2. The largest absolute Gasteiger partial charge is 0.355 e. The Labute approximate surface area is 99.9 Å². The van der Waals surface area contributed by atoms with E-state index in [0.717, 1.165) is 39.0 Å². The molecule has 1 N–H and O–H groups in total. The van der Waals surface area contributed by atoms with Crippen LogP contribution in [0.3, 0.4) is 0 Å². The highest BCUT2D eigenvalue weighted by molar-refractivity contribution is 5.75. The summed E-state index contributed by atoms with van der Waals surface area (Å²) in [6.07, 6.45) is 6.68. The van der Waals surface area contributed by atoms with E-state index in [1.807, 2.05) is 0 Å². The third-order valence-electron chi connectivity index (χ3n) is 2.59. The van der Waals surface area contributed by atoms with E-state index in [1.165, 1.54) is 0 Å². The molecule has 3 nitrogen and oxygen atoms in total. The van der Waals surface area contributed by atoms with Crippen LogP contribution in [-0.4, -0.2) is 37.0 Å². The second-order valence-corrected chi connectivity index (χ2v) is 3.80. The quantitative estimate of drug-likeness (QED) is 0.611. The maximum Gasteiger partial charge on any atom is 0.220 e. The standard InChI is InChI=1S/C13H26N2O/c1-4-7-8-9-10-13(16)14-11-12-15(5-2)6-3/h7-8H,4-6,9-12H2,1-3H3,(H,14,16)/b8-7+. The highest BCUT2D eigenvalue weighted by Crippen LogP contribution is 1.92. The number of carbonyl (C=O) groups excluding carboxylic acids is 1. The first kappa shape index (κ1) is 15.2. The van der Waals surface area contributed by atoms with E-state index < -0.39 is 0 Å². The van der Waals surface area contributed by atoms with Crippen molar-refractivity contribution >= 4 is 5.91 Å². The highest BCUT2D eigenvalue weighted by atomic mass is 16.1. The molecule has 0 aromatic heterocycles. The first-order chi connectivity index (χ1) is 7.74. The van der Waals surface area contributed by atoms with Crippen LogP contribution in [0.4, 0.5) is 0 Å². The van der Waals surface area contributed by atoms with Gasteiger partial charge in [-0.05, 0) is 25.9 Å². The van der Waals surface area contributed by atoms with Crippen molar-refractivity contribution in [3.63, 3.8) is 0 Å². The molecule has 0 aliphatic carbocycles. The predicted molar refractivity (Wildman–Crippen MR) is 69.5 cm³/mol. The van der Waals surface area contributed by atoms with Gasteiger partial charge in [0.15, 0.2) is 0 Å². The number of rotatable bonds is 9. The van der Waals surface area contributed by atoms with Crippen molar-refractivity contribution in [2.45, 2.75) is 40.0 Å². The van der Waals surface area contributed by atoms with E-state index in [1.54, 1.807) is 0 Å². The van der Waals surface area contributed by atoms with Gasteiger partial charge in [-0.15, -0.1) is 0 Å². The number of hydrogen-bond donors (Lipinski definition) is 1. The molecular weight excluding hydrogens is 200 g/mol. The lowest BCUT2D eigenvalue weighted by Gasteiger charge is -2.17. The molecule has 94 valence electrons. The molecule has 3 heteroatoms. The van der Waals surface area contributed by atoms with Gasteiger partial charge in [-0.3, -0.25) is 4.79 Å². The molecule has 0 atom stereocenters. The molecule has 0 unspecified atom stereocenters. The summed E-state index contributed by atoms with van der Waals surface area (Å²) in [6, 6.07) is 0. The minimum atomic E-state index is 0.160. The van der Waals surface area contributed by atoms with Crippen LogP contribution in [0.1, 0.15) is 40.0 Å². The average Bonchev–Trinajstić information content (AvgIpc) is 2.30. The molecule has 0 radical (unpaired) electrons. The Bertz CT molecular complexity index is 198. The molecule has 0 aromatic carbocycles. The maximum atomic E-state index is 11.4. The smallest absolute Gasteiger partial charge is 0.220 e. The van der Waals surface area contributed by atoms with Crippen molar-refractivity contribution in [1.82, 2.24) is 10.2 Å². The Balaban J connectivity index is 3.46. The van der Waals surface area contributed by atoms with Crippen LogP contribution >= 0.6 is 0 Å². The van der Waals surface area contributed by atoms with Crippen LogP contribution in [0.25, 0.3) is 0 Å². The number of hydrogen-bond acceptors (Lipinski definition) is 2. The van der Waals surface area contributed by atoms with Crippen molar-refractivity contribution in [2.24, 2.45) is 0 Å². The normalized spacial score (nSPS) is 11.2. The summed E-state index contributed by atoms with van der Waals surface area (Å²) in [7, 11) is 0. The Morgan fingerprint density at radius 3 is 2.44 bits per heavy atom. The van der Waals surface area contributed by atoms with Crippen molar-refractivity contribution in [3.05, 3.63) is 12.2 Å². The lowest BCUT2D eigenvalue weighted by molar-refractivity contribution is -0.121. The monoisotopic (exact) mass is 226 g/mol. The molecule has 0 aliphatic heterocycles. The van der Waals surface area contributed by atoms with Gasteiger partial charge in [0.05, 0.1) is 0 Å². The zero-order valence-corrected chi connectivity index (χ0v) is 11.0. The molecule has 0 aliphatic rings. The van der Waals surface area contributed by atoms with Crippen molar-refractivity contribution in [2.75, 3.05) is 26.2 Å². The SMILES string of the molecule is CC/C=C/CCC(=O)NCCN(CC)CC. The van der Waals surface area contributed by atoms with Gasteiger partial charge >= 0.3 is 0 Å². The molecule has 0 saturated heterocycles. The molecule has 0 heterocycles. The van der Waals surface area contributed by atoms with Crippen molar-refractivity contribution in [3.8, 4) is 0 Å². The molecule has 1 amide bonds. The second kappa shape index (κ2) is 10.7. The summed E-state index contributed by atoms with van der Waals surface area (Å²) >= 11 is 0. The first-order valence-electron chi connectivity index (χ1n) is 6.38. The van der Waals surface area contributed by atoms with Gasteiger partial charge in [0.25, 0.3) is 0 Å². The summed E-state index contributed by atoms with van der Waals surface area (Å²) in [5.74, 6) is 0.160. The van der Waals surface area contributed by atoms with Crippen LogP contribution in [-0.2, 0) is 4.79 Å². The minimum Gasteiger partial charge on any atom is -0.355 e. The third kappa shape index (κ3) is 8.48. The number of carbonyl (C=O) groups is 1. The zero-order valence-electron chi connectivity index (χ0n) is 11.0. The van der Waals surface area contributed by atoms with Crippen LogP contribution in [0.15, 0.2) is 12.2 Å². The van der Waals surface area contributed by atoms with Crippen LogP contribution in [0.2, 0.25) is 0 Å². The van der Waals surface area contributed by atoms with E-state index in [9.17, 15) is 4.79 Å². The van der Waals surface area contributed by atoms with Crippen LogP contribution < -0.4 is 5.32 Å². The lowest BCUT2D eigenvalue weighted by Crippen LogP contribution is -2.34. The van der Waals surface area contributed by atoms with Gasteiger partial charge < -0.3 is 10.2 Å². The Kier molecular flexibility index (Phi) is 10.1. The number of likely N-dealkylation sites (N-methyl/N-ethyl adjacent to an activating group) is 1. The van der Waals surface area contributed by atoms with Gasteiger partial charge in [-0.25, -0.2) is 0 Å². The fraction of sp³-hybridized carbons (Fsp3) is 0.769. The van der Waals surface area contributed by atoms with Gasteiger partial charge in [0, 0.05) is 19.5 Å². The van der Waals surface area contributed by atoms with Crippen molar-refractivity contribution in [1.29, 1.82) is 0 Å². The van der Waals surface area contributed by atoms with E-state index in [4.69, 9.17) is 0 Å². The highest BCUT2D eigenvalue weighted by Gasteiger charge is 2.01. The predicted octanol–water partition coefficient (Wildman–Crippen LogP) is 2.19. The van der Waals surface area contributed by atoms with Crippen LogP contribution in [0.5, 0.6) is 0 Å². The van der Waals surface area contributed by atoms with E-state index >= 15 is 0 Å². The van der Waals surface area contributed by atoms with Gasteiger partial charge in [-0.2, -0.15) is 0 Å². The molecule has 0 bridgehead atoms. The van der Waals surface area contributed by atoms with E-state index in [2.05, 4.69) is 43.1 Å². The average molecular weight is 226 g/mol. The fourth-order valence-electron chi connectivity index (χ4n) is 1.48. The molecule has 0 saturated carbocycles. The van der Waals surface area contributed by atoms with Crippen LogP contribution in [0, 0.1) is 0 Å². The molecule has 0 fully saturated rings. The first-order valence-corrected chi connectivity index (χ1v) is 6.38. The van der Waals surface area contributed by atoms with Gasteiger partial charge in [-0.1, -0.05) is 32.9 Å². The molecule has 16 heavy (non-hydrogen) atoms. The molecular formula is C13H26N2O. The summed E-state index contributed by atoms with van der Waals surface area (Å²) in [5, 5.41) is 2.94. The molecule has 0 spiro atoms. The number of nitrogens with one attached hydrogen (secondary N) is 1. The van der Waals surface area contributed by atoms with Crippen molar-refractivity contribution < 1.29 is 4.79 Å². The number of allylic oxidation sites excluding steroid dienone is 2. The summed E-state index contributed by atoms with van der Waals surface area (Å²) in [4.78, 5) is 13.7. The maximum absolute atomic E-state index is 11.4. The fourth-order valence-corrected chi connectivity index (χ4v) is 1.48. The summed E-state index contributed by atoms with van der Waals surface area (Å²) in [5.41, 5.74) is 0.